The Balaban J connectivity index is 1.37. The van der Waals surface area contributed by atoms with Gasteiger partial charge in [0.05, 0.1) is 17.4 Å². The summed E-state index contributed by atoms with van der Waals surface area (Å²) >= 11 is 0. The van der Waals surface area contributed by atoms with Gasteiger partial charge in [-0.2, -0.15) is 0 Å². The van der Waals surface area contributed by atoms with Crippen LogP contribution in [0.3, 0.4) is 0 Å². The second kappa shape index (κ2) is 11.4. The first-order valence-electron chi connectivity index (χ1n) is 11.7. The molecular weight excluding hydrogens is 474 g/mol. The molecule has 4 aromatic rings. The first-order chi connectivity index (χ1) is 17.8. The Morgan fingerprint density at radius 2 is 1.73 bits per heavy atom. The molecule has 0 bridgehead atoms. The molecule has 9 heteroatoms. The van der Waals surface area contributed by atoms with Crippen molar-refractivity contribution in [1.82, 2.24) is 14.5 Å². The van der Waals surface area contributed by atoms with Gasteiger partial charge in [-0.15, -0.1) is 0 Å². The summed E-state index contributed by atoms with van der Waals surface area (Å²) in [6.45, 7) is 3.80. The molecule has 0 unspecified atom stereocenters. The van der Waals surface area contributed by atoms with Crippen LogP contribution in [0.2, 0.25) is 0 Å². The number of para-hydroxylation sites is 1. The third-order valence-electron chi connectivity index (χ3n) is 5.71. The number of fused-ring (bicyclic) bond motifs is 1. The summed E-state index contributed by atoms with van der Waals surface area (Å²) in [6, 6.07) is 21.1. The van der Waals surface area contributed by atoms with Crippen LogP contribution in [-0.2, 0) is 17.9 Å². The van der Waals surface area contributed by atoms with E-state index in [2.05, 4.69) is 4.98 Å². The lowest BCUT2D eigenvalue weighted by Crippen LogP contribution is -2.37. The molecule has 3 aromatic carbocycles. The average Bonchev–Trinajstić information content (AvgIpc) is 2.86. The van der Waals surface area contributed by atoms with Crippen molar-refractivity contribution in [1.29, 1.82) is 0 Å². The maximum absolute atomic E-state index is 12.8. The zero-order valence-electron chi connectivity index (χ0n) is 20.6. The molecular formula is C28H27N3O6. The number of rotatable bonds is 9. The van der Waals surface area contributed by atoms with Gasteiger partial charge < -0.3 is 14.6 Å². The fraction of sp³-hybridized carbons (Fsp3) is 0.214. The van der Waals surface area contributed by atoms with E-state index in [1.807, 2.05) is 31.2 Å². The number of aryl methyl sites for hydroxylation is 2. The lowest BCUT2D eigenvalue weighted by Gasteiger charge is -2.20. The minimum atomic E-state index is -1.14. The molecule has 0 atom stereocenters. The average molecular weight is 502 g/mol. The minimum Gasteiger partial charge on any atom is -0.492 e. The summed E-state index contributed by atoms with van der Waals surface area (Å²) in [4.78, 5) is 42.3. The Morgan fingerprint density at radius 3 is 2.46 bits per heavy atom. The third kappa shape index (κ3) is 6.52. The summed E-state index contributed by atoms with van der Waals surface area (Å²) in [5.74, 6) is 0.393. The fourth-order valence-electron chi connectivity index (χ4n) is 3.90. The second-order valence-corrected chi connectivity index (χ2v) is 8.56. The number of carbonyl (C=O) groups is 2. The largest absolute Gasteiger partial charge is 0.492 e. The number of amides is 1. The van der Waals surface area contributed by atoms with Crippen molar-refractivity contribution in [3.63, 3.8) is 0 Å². The highest BCUT2D eigenvalue weighted by Gasteiger charge is 2.19. The van der Waals surface area contributed by atoms with Crippen molar-refractivity contribution >= 4 is 23.0 Å². The topological polar surface area (TPSA) is 111 Å². The van der Waals surface area contributed by atoms with Crippen LogP contribution in [0.5, 0.6) is 11.5 Å². The van der Waals surface area contributed by atoms with E-state index in [4.69, 9.17) is 9.47 Å². The number of benzene rings is 3. The maximum Gasteiger partial charge on any atom is 0.416 e. The number of carboxylic acids is 1. The van der Waals surface area contributed by atoms with Crippen molar-refractivity contribution in [3.8, 4) is 11.5 Å². The summed E-state index contributed by atoms with van der Waals surface area (Å²) in [5.41, 5.74) is 2.18. The molecule has 4 rings (SSSR count). The SMILES string of the molecule is Cc1cccc(OC(=O)N(CC(=O)O)Cc2ccc(OCCn3c(C)nc4ccccc4c3=O)cc2)c1. The zero-order valence-corrected chi connectivity index (χ0v) is 20.6. The number of hydrogen-bond donors (Lipinski definition) is 1. The van der Waals surface area contributed by atoms with Crippen LogP contribution in [-0.4, -0.2) is 44.8 Å². The molecule has 9 nitrogen and oxygen atoms in total. The number of ether oxygens (including phenoxy) is 2. The Labute approximate surface area is 213 Å². The van der Waals surface area contributed by atoms with Crippen molar-refractivity contribution in [2.75, 3.05) is 13.2 Å². The van der Waals surface area contributed by atoms with Gasteiger partial charge in [0, 0.05) is 6.54 Å². The molecule has 1 heterocycles. The number of hydrogen-bond acceptors (Lipinski definition) is 6. The molecule has 0 saturated heterocycles. The first kappa shape index (κ1) is 25.4. The van der Waals surface area contributed by atoms with Crippen LogP contribution >= 0.6 is 0 Å². The first-order valence-corrected chi connectivity index (χ1v) is 11.7. The van der Waals surface area contributed by atoms with Crippen molar-refractivity contribution in [3.05, 3.63) is 100 Å². The second-order valence-electron chi connectivity index (χ2n) is 8.56. The van der Waals surface area contributed by atoms with E-state index in [0.29, 0.717) is 40.3 Å². The summed E-state index contributed by atoms with van der Waals surface area (Å²) in [5, 5.41) is 9.82. The molecule has 0 aliphatic heterocycles. The van der Waals surface area contributed by atoms with Crippen LogP contribution in [0.25, 0.3) is 10.9 Å². The molecule has 0 aliphatic carbocycles. The molecule has 0 radical (unpaired) electrons. The highest BCUT2D eigenvalue weighted by Crippen LogP contribution is 2.17. The Morgan fingerprint density at radius 1 is 0.973 bits per heavy atom. The van der Waals surface area contributed by atoms with Gasteiger partial charge in [-0.1, -0.05) is 36.4 Å². The number of aliphatic carboxylic acids is 1. The summed E-state index contributed by atoms with van der Waals surface area (Å²) in [7, 11) is 0. The molecule has 0 spiro atoms. The van der Waals surface area contributed by atoms with Crippen LogP contribution in [0.1, 0.15) is 17.0 Å². The summed E-state index contributed by atoms with van der Waals surface area (Å²) in [6.07, 6.45) is -0.752. The molecule has 1 N–H and O–H groups in total. The summed E-state index contributed by atoms with van der Waals surface area (Å²) < 4.78 is 12.8. The molecule has 0 fully saturated rings. The standard InChI is InChI=1S/C28H27N3O6/c1-19-6-5-7-23(16-19)37-28(35)30(18-26(32)33)17-21-10-12-22(13-11-21)36-15-14-31-20(2)29-25-9-4-3-8-24(25)27(31)34/h3-13,16H,14-15,17-18H2,1-2H3,(H,32,33). The van der Waals surface area contributed by atoms with E-state index in [9.17, 15) is 19.5 Å². The quantitative estimate of drug-likeness (QED) is 0.366. The van der Waals surface area contributed by atoms with E-state index in [-0.39, 0.29) is 18.7 Å². The smallest absolute Gasteiger partial charge is 0.416 e. The van der Waals surface area contributed by atoms with Gasteiger partial charge in [-0.25, -0.2) is 9.78 Å². The van der Waals surface area contributed by atoms with E-state index in [1.165, 1.54) is 0 Å². The van der Waals surface area contributed by atoms with Crippen LogP contribution in [0, 0.1) is 13.8 Å². The monoisotopic (exact) mass is 501 g/mol. The predicted molar refractivity (Wildman–Crippen MR) is 138 cm³/mol. The van der Waals surface area contributed by atoms with Gasteiger partial charge in [0.25, 0.3) is 5.56 Å². The van der Waals surface area contributed by atoms with Crippen molar-refractivity contribution < 1.29 is 24.2 Å². The van der Waals surface area contributed by atoms with Crippen LogP contribution in [0.4, 0.5) is 4.79 Å². The Hall–Kier alpha value is -4.66. The van der Waals surface area contributed by atoms with Gasteiger partial charge in [-0.3, -0.25) is 19.1 Å². The van der Waals surface area contributed by atoms with Gasteiger partial charge in [-0.05, 0) is 61.4 Å². The molecule has 190 valence electrons. The number of nitrogens with zero attached hydrogens (tertiary/aromatic N) is 3. The maximum atomic E-state index is 12.8. The molecule has 0 saturated carbocycles. The lowest BCUT2D eigenvalue weighted by molar-refractivity contribution is -0.138. The van der Waals surface area contributed by atoms with E-state index >= 15 is 0 Å². The normalized spacial score (nSPS) is 10.8. The molecule has 1 aromatic heterocycles. The van der Waals surface area contributed by atoms with Crippen molar-refractivity contribution in [2.45, 2.75) is 26.9 Å². The molecule has 0 aliphatic rings. The Kier molecular flexibility index (Phi) is 7.83. The van der Waals surface area contributed by atoms with Gasteiger partial charge in [0.15, 0.2) is 0 Å². The van der Waals surface area contributed by atoms with Gasteiger partial charge in [0.1, 0.15) is 30.5 Å². The van der Waals surface area contributed by atoms with E-state index in [0.717, 1.165) is 10.5 Å². The number of carbonyl (C=O) groups excluding carboxylic acids is 1. The number of aromatic nitrogens is 2. The molecule has 1 amide bonds. The van der Waals surface area contributed by atoms with Crippen molar-refractivity contribution in [2.24, 2.45) is 0 Å². The van der Waals surface area contributed by atoms with Gasteiger partial charge in [0.2, 0.25) is 0 Å². The minimum absolute atomic E-state index is 0.0502. The third-order valence-corrected chi connectivity index (χ3v) is 5.71. The van der Waals surface area contributed by atoms with E-state index in [1.54, 1.807) is 60.0 Å². The Bertz CT molecular complexity index is 1480. The zero-order chi connectivity index (χ0) is 26.4. The highest BCUT2D eigenvalue weighted by molar-refractivity contribution is 5.78. The van der Waals surface area contributed by atoms with Gasteiger partial charge >= 0.3 is 12.1 Å². The lowest BCUT2D eigenvalue weighted by atomic mass is 10.2. The predicted octanol–water partition coefficient (Wildman–Crippen LogP) is 4.18. The fourth-order valence-corrected chi connectivity index (χ4v) is 3.90. The van der Waals surface area contributed by atoms with Crippen LogP contribution < -0.4 is 15.0 Å². The van der Waals surface area contributed by atoms with E-state index < -0.39 is 18.6 Å². The highest BCUT2D eigenvalue weighted by atomic mass is 16.6. The number of carboxylic acid groups (broad SMARTS) is 1. The molecule has 37 heavy (non-hydrogen) atoms. The van der Waals surface area contributed by atoms with Crippen LogP contribution in [0.15, 0.2) is 77.6 Å².